The third kappa shape index (κ3) is 2.60. The van der Waals surface area contributed by atoms with Crippen LogP contribution in [0.25, 0.3) is 0 Å². The van der Waals surface area contributed by atoms with E-state index in [0.717, 1.165) is 37.7 Å². The van der Waals surface area contributed by atoms with Gasteiger partial charge in [-0.05, 0) is 55.4 Å². The first-order valence-electron chi connectivity index (χ1n) is 8.31. The van der Waals surface area contributed by atoms with E-state index >= 15 is 0 Å². The van der Waals surface area contributed by atoms with Crippen molar-refractivity contribution in [3.8, 4) is 0 Å². The van der Waals surface area contributed by atoms with Gasteiger partial charge in [-0.2, -0.15) is 0 Å². The SMILES string of the molecule is O=C(NC1[C@@H]2CC3C[C@H]1CC(O)(C3)C2)OCc1ccccc1. The van der Waals surface area contributed by atoms with E-state index in [1.165, 1.54) is 0 Å². The lowest BCUT2D eigenvalue weighted by molar-refractivity contribution is -0.137. The van der Waals surface area contributed by atoms with Crippen LogP contribution in [0.3, 0.4) is 0 Å². The number of ether oxygens (including phenoxy) is 1. The minimum absolute atomic E-state index is 0.181. The standard InChI is InChI=1S/C18H23NO3/c20-17(22-11-12-4-2-1-3-5-12)19-16-14-6-13-7-15(16)10-18(21,8-13)9-14/h1-5,13-16,21H,6-11H2,(H,19,20)/t13?,14-,15+,16?,18?. The highest BCUT2D eigenvalue weighted by Crippen LogP contribution is 2.55. The number of carbonyl (C=O) groups excluding carboxylic acids is 1. The summed E-state index contributed by atoms with van der Waals surface area (Å²) >= 11 is 0. The average molecular weight is 301 g/mol. The van der Waals surface area contributed by atoms with Gasteiger partial charge in [0, 0.05) is 6.04 Å². The molecule has 5 atom stereocenters. The summed E-state index contributed by atoms with van der Waals surface area (Å²) in [5.41, 5.74) is 0.542. The molecule has 4 fully saturated rings. The van der Waals surface area contributed by atoms with E-state index in [-0.39, 0.29) is 12.1 Å². The van der Waals surface area contributed by atoms with Gasteiger partial charge in [0.25, 0.3) is 0 Å². The van der Waals surface area contributed by atoms with Crippen LogP contribution in [-0.2, 0) is 11.3 Å². The number of rotatable bonds is 3. The van der Waals surface area contributed by atoms with Crippen LogP contribution >= 0.6 is 0 Å². The molecule has 1 aromatic carbocycles. The van der Waals surface area contributed by atoms with Gasteiger partial charge < -0.3 is 15.2 Å². The Balaban J connectivity index is 1.35. The third-order valence-electron chi connectivity index (χ3n) is 5.74. The Bertz CT molecular complexity index is 543. The Labute approximate surface area is 130 Å². The number of aliphatic hydroxyl groups is 1. The summed E-state index contributed by atoms with van der Waals surface area (Å²) in [6, 6.07) is 9.91. The maximum absolute atomic E-state index is 12.1. The van der Waals surface area contributed by atoms with Gasteiger partial charge in [0.05, 0.1) is 5.60 Å². The minimum atomic E-state index is -0.456. The molecule has 3 unspecified atom stereocenters. The zero-order valence-corrected chi connectivity index (χ0v) is 12.7. The van der Waals surface area contributed by atoms with Crippen LogP contribution in [-0.4, -0.2) is 22.8 Å². The number of amides is 1. The fourth-order valence-corrected chi connectivity index (χ4v) is 5.12. The molecule has 4 heteroatoms. The predicted molar refractivity (Wildman–Crippen MR) is 82.1 cm³/mol. The molecule has 1 aromatic rings. The highest BCUT2D eigenvalue weighted by Gasteiger charge is 2.55. The van der Waals surface area contributed by atoms with E-state index in [2.05, 4.69) is 5.32 Å². The maximum Gasteiger partial charge on any atom is 0.407 e. The zero-order valence-electron chi connectivity index (χ0n) is 12.7. The Kier molecular flexibility index (Phi) is 3.37. The van der Waals surface area contributed by atoms with E-state index in [0.29, 0.717) is 24.4 Å². The quantitative estimate of drug-likeness (QED) is 0.902. The summed E-state index contributed by atoms with van der Waals surface area (Å²) in [5, 5.41) is 13.6. The Morgan fingerprint density at radius 2 is 1.86 bits per heavy atom. The molecule has 4 aliphatic rings. The second-order valence-electron chi connectivity index (χ2n) is 7.43. The summed E-state index contributed by atoms with van der Waals surface area (Å²) in [6.07, 6.45) is 4.59. The van der Waals surface area contributed by atoms with Crippen LogP contribution in [0.5, 0.6) is 0 Å². The molecule has 4 saturated carbocycles. The van der Waals surface area contributed by atoms with Crippen LogP contribution in [0.15, 0.2) is 30.3 Å². The summed E-state index contributed by atoms with van der Waals surface area (Å²) < 4.78 is 5.35. The summed E-state index contributed by atoms with van der Waals surface area (Å²) in [4.78, 5) is 12.1. The predicted octanol–water partition coefficient (Wildman–Crippen LogP) is 2.85. The second-order valence-corrected chi connectivity index (χ2v) is 7.43. The van der Waals surface area contributed by atoms with Gasteiger partial charge >= 0.3 is 6.09 Å². The number of nitrogens with one attached hydrogen (secondary N) is 1. The van der Waals surface area contributed by atoms with E-state index in [1.807, 2.05) is 30.3 Å². The monoisotopic (exact) mass is 301 g/mol. The molecule has 4 nitrogen and oxygen atoms in total. The molecule has 118 valence electrons. The van der Waals surface area contributed by atoms with Crippen molar-refractivity contribution in [3.05, 3.63) is 35.9 Å². The van der Waals surface area contributed by atoms with Gasteiger partial charge in [-0.1, -0.05) is 30.3 Å². The van der Waals surface area contributed by atoms with Crippen LogP contribution < -0.4 is 5.32 Å². The first-order chi connectivity index (χ1) is 10.6. The summed E-state index contributed by atoms with van der Waals surface area (Å²) in [6.45, 7) is 0.307. The molecule has 4 aliphatic carbocycles. The molecule has 0 aliphatic heterocycles. The molecular weight excluding hydrogens is 278 g/mol. The molecule has 5 rings (SSSR count). The number of carbonyl (C=O) groups is 1. The van der Waals surface area contributed by atoms with E-state index in [4.69, 9.17) is 4.74 Å². The molecule has 0 saturated heterocycles. The van der Waals surface area contributed by atoms with E-state index < -0.39 is 5.60 Å². The van der Waals surface area contributed by atoms with Gasteiger partial charge in [0.1, 0.15) is 6.61 Å². The number of benzene rings is 1. The fraction of sp³-hybridized carbons (Fsp3) is 0.611. The Morgan fingerprint density at radius 3 is 2.50 bits per heavy atom. The fourth-order valence-electron chi connectivity index (χ4n) is 5.12. The van der Waals surface area contributed by atoms with Crippen LogP contribution in [0, 0.1) is 17.8 Å². The minimum Gasteiger partial charge on any atom is -0.445 e. The topological polar surface area (TPSA) is 58.6 Å². The highest BCUT2D eigenvalue weighted by molar-refractivity contribution is 5.67. The Morgan fingerprint density at radius 1 is 1.18 bits per heavy atom. The van der Waals surface area contributed by atoms with Crippen molar-refractivity contribution >= 4 is 6.09 Å². The van der Waals surface area contributed by atoms with Crippen molar-refractivity contribution in [1.82, 2.24) is 5.32 Å². The van der Waals surface area contributed by atoms with Crippen molar-refractivity contribution in [2.24, 2.45) is 17.8 Å². The van der Waals surface area contributed by atoms with Gasteiger partial charge in [-0.25, -0.2) is 4.79 Å². The summed E-state index contributed by atoms with van der Waals surface area (Å²) in [7, 11) is 0. The van der Waals surface area contributed by atoms with Gasteiger partial charge in [0.2, 0.25) is 0 Å². The molecule has 0 heterocycles. The smallest absolute Gasteiger partial charge is 0.407 e. The third-order valence-corrected chi connectivity index (χ3v) is 5.74. The first kappa shape index (κ1) is 14.1. The van der Waals surface area contributed by atoms with E-state index in [9.17, 15) is 9.90 Å². The first-order valence-corrected chi connectivity index (χ1v) is 8.31. The molecule has 0 spiro atoms. The highest BCUT2D eigenvalue weighted by atomic mass is 16.5. The lowest BCUT2D eigenvalue weighted by Gasteiger charge is -2.57. The van der Waals surface area contributed by atoms with Crippen LogP contribution in [0.1, 0.15) is 37.7 Å². The number of hydrogen-bond acceptors (Lipinski definition) is 3. The Hall–Kier alpha value is -1.55. The number of alkyl carbamates (subject to hydrolysis) is 1. The largest absolute Gasteiger partial charge is 0.445 e. The molecule has 4 bridgehead atoms. The number of hydrogen-bond donors (Lipinski definition) is 2. The van der Waals surface area contributed by atoms with Crippen molar-refractivity contribution in [2.45, 2.75) is 50.4 Å². The van der Waals surface area contributed by atoms with Crippen molar-refractivity contribution in [1.29, 1.82) is 0 Å². The molecule has 2 N–H and O–H groups in total. The van der Waals surface area contributed by atoms with Crippen LogP contribution in [0.4, 0.5) is 4.79 Å². The van der Waals surface area contributed by atoms with Crippen molar-refractivity contribution in [3.63, 3.8) is 0 Å². The summed E-state index contributed by atoms with van der Waals surface area (Å²) in [5.74, 6) is 1.49. The van der Waals surface area contributed by atoms with Crippen LogP contribution in [0.2, 0.25) is 0 Å². The second kappa shape index (κ2) is 5.27. The lowest BCUT2D eigenvalue weighted by Crippen LogP contribution is -2.61. The lowest BCUT2D eigenvalue weighted by atomic mass is 9.52. The van der Waals surface area contributed by atoms with Crippen molar-refractivity contribution < 1.29 is 14.6 Å². The molecule has 0 aromatic heterocycles. The molecule has 1 amide bonds. The maximum atomic E-state index is 12.1. The molecule has 0 radical (unpaired) electrons. The average Bonchev–Trinajstić information content (AvgIpc) is 2.48. The van der Waals surface area contributed by atoms with E-state index in [1.54, 1.807) is 0 Å². The van der Waals surface area contributed by atoms with Gasteiger partial charge in [0.15, 0.2) is 0 Å². The normalized spacial score (nSPS) is 38.8. The molecular formula is C18H23NO3. The zero-order chi connectivity index (χ0) is 15.2. The van der Waals surface area contributed by atoms with Gasteiger partial charge in [-0.15, -0.1) is 0 Å². The van der Waals surface area contributed by atoms with Gasteiger partial charge in [-0.3, -0.25) is 0 Å². The van der Waals surface area contributed by atoms with Crippen molar-refractivity contribution in [2.75, 3.05) is 0 Å². The molecule has 22 heavy (non-hydrogen) atoms.